The maximum absolute atomic E-state index is 5.47. The molecule has 0 aromatic carbocycles. The Kier molecular flexibility index (Phi) is 5.87. The van der Waals surface area contributed by atoms with E-state index in [1.165, 1.54) is 0 Å². The Morgan fingerprint density at radius 3 is 2.44 bits per heavy atom. The van der Waals surface area contributed by atoms with Gasteiger partial charge >= 0.3 is 0 Å². The Bertz CT molecular complexity index is 89.0. The molecule has 0 aliphatic rings. The Labute approximate surface area is 62.6 Å². The molecule has 2 nitrogen and oxygen atoms in total. The molecule has 0 aliphatic carbocycles. The van der Waals surface area contributed by atoms with Crippen LogP contribution in [-0.4, -0.2) is 29.2 Å². The minimum Gasteiger partial charge on any atom is -0.469 e. The van der Waals surface area contributed by atoms with Crippen LogP contribution in [0.2, 0.25) is 0 Å². The summed E-state index contributed by atoms with van der Waals surface area (Å²) < 4.78 is 9.63. The highest BCUT2D eigenvalue weighted by Crippen LogP contribution is 1.92. The molecular formula is C5H11ClO2Si. The summed E-state index contributed by atoms with van der Waals surface area (Å²) in [5, 5.41) is 0. The first-order valence-electron chi connectivity index (χ1n) is 2.69. The van der Waals surface area contributed by atoms with Crippen LogP contribution >= 0.6 is 11.6 Å². The van der Waals surface area contributed by atoms with E-state index in [1.807, 2.05) is 5.70 Å². The van der Waals surface area contributed by atoms with Gasteiger partial charge in [0.1, 0.15) is 0 Å². The average molecular weight is 167 g/mol. The van der Waals surface area contributed by atoms with Crippen molar-refractivity contribution in [2.75, 3.05) is 19.7 Å². The van der Waals surface area contributed by atoms with E-state index < -0.39 is 0 Å². The van der Waals surface area contributed by atoms with E-state index in [0.717, 1.165) is 5.50 Å². The first-order chi connectivity index (χ1) is 4.35. The molecule has 0 amide bonds. The predicted molar refractivity (Wildman–Crippen MR) is 41.4 cm³/mol. The van der Waals surface area contributed by atoms with Crippen molar-refractivity contribution >= 4 is 21.1 Å². The molecule has 0 aromatic heterocycles. The zero-order chi connectivity index (χ0) is 7.11. The van der Waals surface area contributed by atoms with Crippen LogP contribution in [0.5, 0.6) is 0 Å². The monoisotopic (exact) mass is 166 g/mol. The molecule has 0 radical (unpaired) electrons. The Balaban J connectivity index is 3.48. The van der Waals surface area contributed by atoms with Gasteiger partial charge < -0.3 is 9.47 Å². The lowest BCUT2D eigenvalue weighted by Gasteiger charge is -2.01. The van der Waals surface area contributed by atoms with Gasteiger partial charge in [-0.3, -0.25) is 0 Å². The number of hydrogen-bond donors (Lipinski definition) is 0. The molecule has 0 bridgehead atoms. The minimum atomic E-state index is -0.294. The zero-order valence-corrected chi connectivity index (χ0v) is 7.86. The molecule has 0 rings (SSSR count). The van der Waals surface area contributed by atoms with Gasteiger partial charge in [-0.1, -0.05) is 0 Å². The summed E-state index contributed by atoms with van der Waals surface area (Å²) in [4.78, 5) is 0. The third-order valence-corrected chi connectivity index (χ3v) is 2.32. The van der Waals surface area contributed by atoms with Crippen molar-refractivity contribution in [3.8, 4) is 0 Å². The normalized spacial score (nSPS) is 9.67. The second kappa shape index (κ2) is 5.97. The predicted octanol–water partition coefficient (Wildman–Crippen LogP) is 0.443. The minimum absolute atomic E-state index is 0.294. The average Bonchev–Trinajstić information content (AvgIpc) is 1.91. The first kappa shape index (κ1) is 8.85. The largest absolute Gasteiger partial charge is 0.469 e. The summed E-state index contributed by atoms with van der Waals surface area (Å²) in [6.45, 7) is 0. The molecule has 4 heteroatoms. The van der Waals surface area contributed by atoms with E-state index in [1.54, 1.807) is 14.2 Å². The molecule has 0 spiro atoms. The maximum atomic E-state index is 5.47. The van der Waals surface area contributed by atoms with Crippen LogP contribution in [-0.2, 0) is 9.47 Å². The van der Waals surface area contributed by atoms with E-state index in [0.29, 0.717) is 5.95 Å². The van der Waals surface area contributed by atoms with Gasteiger partial charge in [0.25, 0.3) is 5.95 Å². The number of ether oxygens (including phenoxy) is 2. The lowest BCUT2D eigenvalue weighted by Crippen LogP contribution is -1.94. The van der Waals surface area contributed by atoms with Crippen LogP contribution in [0.3, 0.4) is 0 Å². The van der Waals surface area contributed by atoms with Crippen LogP contribution in [0.4, 0.5) is 0 Å². The summed E-state index contributed by atoms with van der Waals surface area (Å²) in [5.41, 5.74) is 2.67. The van der Waals surface area contributed by atoms with E-state index in [2.05, 4.69) is 0 Å². The number of methoxy groups -OCH3 is 2. The molecule has 0 heterocycles. The molecule has 0 saturated carbocycles. The van der Waals surface area contributed by atoms with E-state index in [9.17, 15) is 0 Å². The Morgan fingerprint density at radius 2 is 2.11 bits per heavy atom. The summed E-state index contributed by atoms with van der Waals surface area (Å²) in [6.07, 6.45) is 0. The second-order valence-corrected chi connectivity index (χ2v) is 3.91. The van der Waals surface area contributed by atoms with Crippen molar-refractivity contribution in [3.05, 3.63) is 11.6 Å². The summed E-state index contributed by atoms with van der Waals surface area (Å²) in [7, 11) is 2.87. The highest BCUT2D eigenvalue weighted by Gasteiger charge is 1.89. The van der Waals surface area contributed by atoms with Crippen LogP contribution < -0.4 is 0 Å². The van der Waals surface area contributed by atoms with Crippen LogP contribution in [0.15, 0.2) is 11.6 Å². The smallest absolute Gasteiger partial charge is 0.269 e. The van der Waals surface area contributed by atoms with Gasteiger partial charge in [-0.05, 0) is 5.70 Å². The molecule has 9 heavy (non-hydrogen) atoms. The fourth-order valence-electron chi connectivity index (χ4n) is 0.422. The fraction of sp³-hybridized carbons (Fsp3) is 0.600. The standard InChI is InChI=1S/C5H11ClO2Si/c1-7-5(8-2)3-9-4-6/h3H,4,9H2,1-2H3. The molecule has 0 saturated heterocycles. The molecule has 0 aromatic rings. The number of alkyl halides is 1. The second-order valence-electron chi connectivity index (χ2n) is 1.41. The molecular weight excluding hydrogens is 156 g/mol. The molecule has 0 fully saturated rings. The van der Waals surface area contributed by atoms with Gasteiger partial charge in [0.05, 0.1) is 23.7 Å². The zero-order valence-electron chi connectivity index (χ0n) is 5.69. The quantitative estimate of drug-likeness (QED) is 0.343. The summed E-state index contributed by atoms with van der Waals surface area (Å²) >= 11 is 5.47. The van der Waals surface area contributed by atoms with Crippen LogP contribution in [0, 0.1) is 0 Å². The Hall–Kier alpha value is -0.153. The van der Waals surface area contributed by atoms with Crippen molar-refractivity contribution in [1.82, 2.24) is 0 Å². The topological polar surface area (TPSA) is 18.5 Å². The third kappa shape index (κ3) is 4.36. The molecule has 0 aliphatic heterocycles. The van der Waals surface area contributed by atoms with E-state index in [4.69, 9.17) is 21.1 Å². The first-order valence-corrected chi connectivity index (χ1v) is 5.04. The summed E-state index contributed by atoms with van der Waals surface area (Å²) in [6, 6.07) is 0. The van der Waals surface area contributed by atoms with Crippen molar-refractivity contribution in [2.24, 2.45) is 0 Å². The fourth-order valence-corrected chi connectivity index (χ4v) is 1.43. The van der Waals surface area contributed by atoms with Gasteiger partial charge in [-0.15, -0.1) is 11.6 Å². The van der Waals surface area contributed by atoms with Crippen molar-refractivity contribution in [1.29, 1.82) is 0 Å². The van der Waals surface area contributed by atoms with Gasteiger partial charge in [0.15, 0.2) is 0 Å². The van der Waals surface area contributed by atoms with E-state index in [-0.39, 0.29) is 9.52 Å². The van der Waals surface area contributed by atoms with E-state index >= 15 is 0 Å². The van der Waals surface area contributed by atoms with Crippen LogP contribution in [0.25, 0.3) is 0 Å². The van der Waals surface area contributed by atoms with Crippen LogP contribution in [0.1, 0.15) is 0 Å². The van der Waals surface area contributed by atoms with Gasteiger partial charge in [-0.2, -0.15) is 0 Å². The number of hydrogen-bond acceptors (Lipinski definition) is 2. The molecule has 0 N–H and O–H groups in total. The lowest BCUT2D eigenvalue weighted by atomic mass is 11.0. The van der Waals surface area contributed by atoms with Gasteiger partial charge in [0.2, 0.25) is 0 Å². The highest BCUT2D eigenvalue weighted by molar-refractivity contribution is 6.54. The molecule has 0 unspecified atom stereocenters. The van der Waals surface area contributed by atoms with Gasteiger partial charge in [-0.25, -0.2) is 0 Å². The molecule has 54 valence electrons. The maximum Gasteiger partial charge on any atom is 0.269 e. The number of rotatable bonds is 4. The SMILES string of the molecule is COC(=C[SiH2]CCl)OC. The Morgan fingerprint density at radius 1 is 1.56 bits per heavy atom. The molecule has 0 atom stereocenters. The lowest BCUT2D eigenvalue weighted by molar-refractivity contribution is 0.0964. The summed E-state index contributed by atoms with van der Waals surface area (Å²) in [5.74, 6) is 0.585. The third-order valence-electron chi connectivity index (χ3n) is 0.822. The number of halogens is 1. The van der Waals surface area contributed by atoms with Gasteiger partial charge in [0, 0.05) is 5.50 Å². The van der Waals surface area contributed by atoms with Crippen molar-refractivity contribution < 1.29 is 9.47 Å². The van der Waals surface area contributed by atoms with Crippen molar-refractivity contribution in [2.45, 2.75) is 0 Å². The van der Waals surface area contributed by atoms with Crippen molar-refractivity contribution in [3.63, 3.8) is 0 Å². The highest BCUT2D eigenvalue weighted by atomic mass is 35.5.